The van der Waals surface area contributed by atoms with Crippen molar-refractivity contribution in [2.45, 2.75) is 11.3 Å². The van der Waals surface area contributed by atoms with E-state index in [1.54, 1.807) is 24.1 Å². The number of nitro benzene ring substituents is 1. The van der Waals surface area contributed by atoms with Gasteiger partial charge in [0, 0.05) is 19.7 Å². The van der Waals surface area contributed by atoms with Crippen molar-refractivity contribution in [1.82, 2.24) is 15.6 Å². The quantitative estimate of drug-likeness (QED) is 0.403. The number of carbonyl (C=O) groups is 1. The van der Waals surface area contributed by atoms with Gasteiger partial charge in [0.05, 0.1) is 22.1 Å². The second-order valence-corrected chi connectivity index (χ2v) is 7.29. The molecular formula is C17H18N6O5S. The van der Waals surface area contributed by atoms with Gasteiger partial charge in [0.2, 0.25) is 11.4 Å². The van der Waals surface area contributed by atoms with Crippen LogP contribution in [0.5, 0.6) is 0 Å². The van der Waals surface area contributed by atoms with Gasteiger partial charge in [-0.3, -0.25) is 14.9 Å². The fourth-order valence-corrected chi connectivity index (χ4v) is 3.19. The number of amides is 1. The highest BCUT2D eigenvalue weighted by atomic mass is 32.2. The van der Waals surface area contributed by atoms with Crippen LogP contribution in [0.4, 0.5) is 11.4 Å². The van der Waals surface area contributed by atoms with Crippen molar-refractivity contribution in [3.05, 3.63) is 52.1 Å². The van der Waals surface area contributed by atoms with Gasteiger partial charge in [-0.2, -0.15) is 0 Å². The molecule has 1 unspecified atom stereocenters. The number of non-ortho nitro benzene ring substituents is 1. The molecule has 152 valence electrons. The molecule has 0 radical (unpaired) electrons. The van der Waals surface area contributed by atoms with Gasteiger partial charge in [0.1, 0.15) is 11.0 Å². The van der Waals surface area contributed by atoms with Crippen LogP contribution in [0.1, 0.15) is 5.56 Å². The van der Waals surface area contributed by atoms with Gasteiger partial charge in [-0.15, -0.1) is 0 Å². The van der Waals surface area contributed by atoms with E-state index in [1.165, 1.54) is 12.1 Å². The van der Waals surface area contributed by atoms with E-state index >= 15 is 0 Å². The first-order valence-electron chi connectivity index (χ1n) is 8.49. The number of nitrogens with one attached hydrogen (secondary N) is 1. The fraction of sp³-hybridized carbons (Fsp3) is 0.235. The summed E-state index contributed by atoms with van der Waals surface area (Å²) >= 11 is 0. The lowest BCUT2D eigenvalue weighted by atomic mass is 10.1. The Bertz CT molecular complexity index is 1070. The van der Waals surface area contributed by atoms with Crippen LogP contribution in [0.3, 0.4) is 0 Å². The normalized spacial score (nSPS) is 11.9. The molecule has 0 fully saturated rings. The van der Waals surface area contributed by atoms with Gasteiger partial charge in [0.25, 0.3) is 0 Å². The van der Waals surface area contributed by atoms with Gasteiger partial charge in [-0.25, -0.2) is 14.0 Å². The summed E-state index contributed by atoms with van der Waals surface area (Å²) in [5, 5.41) is 26.5. The molecule has 29 heavy (non-hydrogen) atoms. The molecule has 3 aromatic rings. The Labute approximate surface area is 167 Å². The third kappa shape index (κ3) is 4.73. The molecule has 0 saturated carbocycles. The average molecular weight is 418 g/mol. The largest absolute Gasteiger partial charge is 0.363 e. The van der Waals surface area contributed by atoms with Gasteiger partial charge >= 0.3 is 5.69 Å². The minimum atomic E-state index is -1.52. The van der Waals surface area contributed by atoms with E-state index in [0.717, 1.165) is 5.56 Å². The number of aromatic nitrogens is 2. The number of nitrogens with two attached hydrogens (primary N) is 1. The Morgan fingerprint density at radius 3 is 2.59 bits per heavy atom. The predicted octanol–water partition coefficient (Wildman–Crippen LogP) is 0.907. The first-order valence-corrected chi connectivity index (χ1v) is 9.70. The molecule has 0 aliphatic rings. The maximum atomic E-state index is 12.2. The number of fused-ring (bicyclic) bond motifs is 1. The molecule has 2 aromatic carbocycles. The van der Waals surface area contributed by atoms with Gasteiger partial charge in [-0.05, 0) is 40.5 Å². The van der Waals surface area contributed by atoms with E-state index in [4.69, 9.17) is 5.14 Å². The van der Waals surface area contributed by atoms with Gasteiger partial charge in [0.15, 0.2) is 5.52 Å². The van der Waals surface area contributed by atoms with E-state index in [2.05, 4.69) is 20.3 Å². The molecule has 1 atom stereocenters. The minimum Gasteiger partial charge on any atom is -0.363 e. The van der Waals surface area contributed by atoms with E-state index < -0.39 is 15.9 Å². The minimum absolute atomic E-state index is 0.0187. The molecular weight excluding hydrogens is 400 g/mol. The summed E-state index contributed by atoms with van der Waals surface area (Å²) in [7, 11) is 0.152. The number of carbonyl (C=O) groups excluding carboxylic acids is 1. The topological polar surface area (TPSA) is 157 Å². The van der Waals surface area contributed by atoms with Crippen LogP contribution in [-0.2, 0) is 22.2 Å². The SMILES string of the molecule is CN(CC(=O)NCCc1ccc(S(N)=O)cc1)c1ccc([N+](=O)[O-])c2nonc12. The number of likely N-dealkylation sites (N-methyl/N-ethyl adjacent to an activating group) is 1. The molecule has 1 amide bonds. The van der Waals surface area contributed by atoms with Crippen molar-refractivity contribution >= 4 is 39.3 Å². The molecule has 0 saturated heterocycles. The number of benzene rings is 2. The third-order valence-corrected chi connectivity index (χ3v) is 4.99. The third-order valence-electron chi connectivity index (χ3n) is 4.25. The first-order chi connectivity index (χ1) is 13.9. The van der Waals surface area contributed by atoms with Crippen molar-refractivity contribution < 1.29 is 18.6 Å². The molecule has 3 N–H and O–H groups in total. The molecule has 12 heteroatoms. The number of hydrogen-bond donors (Lipinski definition) is 2. The highest BCUT2D eigenvalue weighted by molar-refractivity contribution is 7.82. The molecule has 0 aliphatic carbocycles. The molecule has 3 rings (SSSR count). The number of anilines is 1. The monoisotopic (exact) mass is 418 g/mol. The molecule has 0 spiro atoms. The summed E-state index contributed by atoms with van der Waals surface area (Å²) in [5.41, 5.74) is 1.49. The summed E-state index contributed by atoms with van der Waals surface area (Å²) in [6.07, 6.45) is 0.599. The first kappa shape index (κ1) is 20.4. The Hall–Kier alpha value is -3.38. The Kier molecular flexibility index (Phi) is 6.14. The molecule has 0 aliphatic heterocycles. The average Bonchev–Trinajstić information content (AvgIpc) is 3.17. The Balaban J connectivity index is 1.57. The van der Waals surface area contributed by atoms with Crippen molar-refractivity contribution in [3.8, 4) is 0 Å². The summed E-state index contributed by atoms with van der Waals surface area (Å²) in [6.45, 7) is 0.434. The van der Waals surface area contributed by atoms with Crippen molar-refractivity contribution in [2.24, 2.45) is 5.14 Å². The zero-order chi connectivity index (χ0) is 21.0. The summed E-state index contributed by atoms with van der Waals surface area (Å²) in [5.74, 6) is -0.227. The number of hydrogen-bond acceptors (Lipinski definition) is 8. The fourth-order valence-electron chi connectivity index (χ4n) is 2.79. The molecule has 11 nitrogen and oxygen atoms in total. The maximum Gasteiger partial charge on any atom is 0.300 e. The Morgan fingerprint density at radius 1 is 1.24 bits per heavy atom. The lowest BCUT2D eigenvalue weighted by molar-refractivity contribution is -0.383. The summed E-state index contributed by atoms with van der Waals surface area (Å²) in [4.78, 5) is 24.9. The van der Waals surface area contributed by atoms with Crippen molar-refractivity contribution in [2.75, 3.05) is 25.0 Å². The highest BCUT2D eigenvalue weighted by Gasteiger charge is 2.21. The van der Waals surface area contributed by atoms with Crippen molar-refractivity contribution in [1.29, 1.82) is 0 Å². The zero-order valence-corrected chi connectivity index (χ0v) is 16.2. The lowest BCUT2D eigenvalue weighted by Gasteiger charge is -2.18. The summed E-state index contributed by atoms with van der Waals surface area (Å²) < 4.78 is 15.8. The highest BCUT2D eigenvalue weighted by Crippen LogP contribution is 2.30. The van der Waals surface area contributed by atoms with E-state index in [0.29, 0.717) is 23.5 Å². The number of rotatable bonds is 8. The molecule has 1 aromatic heterocycles. The van der Waals surface area contributed by atoms with Crippen LogP contribution in [0, 0.1) is 10.1 Å². The van der Waals surface area contributed by atoms with Crippen LogP contribution >= 0.6 is 0 Å². The molecule has 1 heterocycles. The smallest absolute Gasteiger partial charge is 0.300 e. The molecule has 0 bridgehead atoms. The maximum absolute atomic E-state index is 12.2. The van der Waals surface area contributed by atoms with Gasteiger partial charge < -0.3 is 10.2 Å². The summed E-state index contributed by atoms with van der Waals surface area (Å²) in [6, 6.07) is 9.79. The number of nitro groups is 1. The Morgan fingerprint density at radius 2 is 1.93 bits per heavy atom. The van der Waals surface area contributed by atoms with Crippen LogP contribution < -0.4 is 15.4 Å². The second-order valence-electron chi connectivity index (χ2n) is 6.22. The van der Waals surface area contributed by atoms with Crippen LogP contribution in [0.2, 0.25) is 0 Å². The standard InChI is InChI=1S/C17H18N6O5S/c1-22(13-6-7-14(23(25)26)17-16(13)20-28-21-17)10-15(24)19-9-8-11-2-4-12(5-3-11)29(18)27/h2-7H,8-10,18H2,1H3,(H,19,24). The van der Waals surface area contributed by atoms with Crippen LogP contribution in [-0.4, -0.2) is 45.5 Å². The van der Waals surface area contributed by atoms with Crippen LogP contribution in [0.25, 0.3) is 11.0 Å². The van der Waals surface area contributed by atoms with Crippen molar-refractivity contribution in [3.63, 3.8) is 0 Å². The van der Waals surface area contributed by atoms with E-state index in [9.17, 15) is 19.1 Å². The second kappa shape index (κ2) is 8.75. The number of nitrogens with zero attached hydrogens (tertiary/aromatic N) is 4. The zero-order valence-electron chi connectivity index (χ0n) is 15.4. The predicted molar refractivity (Wildman–Crippen MR) is 105 cm³/mol. The van der Waals surface area contributed by atoms with Crippen LogP contribution in [0.15, 0.2) is 45.9 Å². The van der Waals surface area contributed by atoms with E-state index in [-0.39, 0.29) is 29.2 Å². The lowest BCUT2D eigenvalue weighted by Crippen LogP contribution is -2.36. The van der Waals surface area contributed by atoms with E-state index in [1.807, 2.05) is 12.1 Å². The van der Waals surface area contributed by atoms with Gasteiger partial charge in [-0.1, -0.05) is 12.1 Å².